The van der Waals surface area contributed by atoms with Gasteiger partial charge in [-0.1, -0.05) is 19.3 Å². The molecule has 1 amide bonds. The third-order valence-electron chi connectivity index (χ3n) is 5.02. The number of amides is 1. The van der Waals surface area contributed by atoms with Gasteiger partial charge >= 0.3 is 0 Å². The molecule has 0 atom stereocenters. The van der Waals surface area contributed by atoms with Crippen LogP contribution < -0.4 is 10.6 Å². The third kappa shape index (κ3) is 3.29. The lowest BCUT2D eigenvalue weighted by Crippen LogP contribution is -2.62. The summed E-state index contributed by atoms with van der Waals surface area (Å²) in [5.74, 6) is 0.256. The maximum Gasteiger partial charge on any atom is 0.221 e. The Kier molecular flexibility index (Phi) is 4.08. The Morgan fingerprint density at radius 2 is 2.05 bits per heavy atom. The summed E-state index contributed by atoms with van der Waals surface area (Å²) in [6.45, 7) is 4.25. The molecule has 0 aromatic heterocycles. The molecule has 4 nitrogen and oxygen atoms in total. The second kappa shape index (κ2) is 5.80. The average Bonchev–Trinajstić information content (AvgIpc) is 3.23. The summed E-state index contributed by atoms with van der Waals surface area (Å²) >= 11 is 0. The Labute approximate surface area is 116 Å². The van der Waals surface area contributed by atoms with Crippen LogP contribution in [0.25, 0.3) is 0 Å². The van der Waals surface area contributed by atoms with Crippen LogP contribution in [0.2, 0.25) is 0 Å². The molecule has 2 aliphatic carbocycles. The molecule has 19 heavy (non-hydrogen) atoms. The standard InChI is InChI=1S/C15H27N3O/c19-14(17-13-4-5-13)6-10-18-11-9-16-12-15(18)7-2-1-3-8-15/h13,16H,1-12H2,(H,17,19). The maximum absolute atomic E-state index is 11.9. The predicted molar refractivity (Wildman–Crippen MR) is 76.0 cm³/mol. The van der Waals surface area contributed by atoms with E-state index in [2.05, 4.69) is 15.5 Å². The van der Waals surface area contributed by atoms with E-state index in [1.54, 1.807) is 0 Å². The van der Waals surface area contributed by atoms with Crippen LogP contribution in [-0.4, -0.2) is 48.6 Å². The van der Waals surface area contributed by atoms with Crippen molar-refractivity contribution >= 4 is 5.91 Å². The van der Waals surface area contributed by atoms with E-state index in [0.717, 1.165) is 26.2 Å². The molecular formula is C15H27N3O. The first-order valence-electron chi connectivity index (χ1n) is 8.04. The van der Waals surface area contributed by atoms with Crippen molar-refractivity contribution in [3.8, 4) is 0 Å². The number of carbonyl (C=O) groups excluding carboxylic acids is 1. The van der Waals surface area contributed by atoms with Crippen molar-refractivity contribution in [3.05, 3.63) is 0 Å². The quantitative estimate of drug-likeness (QED) is 0.804. The summed E-state index contributed by atoms with van der Waals surface area (Å²) in [5, 5.41) is 6.67. The fourth-order valence-electron chi connectivity index (χ4n) is 3.70. The normalized spacial score (nSPS) is 27.4. The van der Waals surface area contributed by atoms with Gasteiger partial charge in [-0.3, -0.25) is 9.69 Å². The van der Waals surface area contributed by atoms with E-state index in [1.807, 2.05) is 0 Å². The molecule has 0 bridgehead atoms. The van der Waals surface area contributed by atoms with Gasteiger partial charge in [0.15, 0.2) is 0 Å². The van der Waals surface area contributed by atoms with E-state index in [4.69, 9.17) is 0 Å². The zero-order chi connectivity index (χ0) is 13.1. The molecule has 1 heterocycles. The molecule has 4 heteroatoms. The first-order valence-corrected chi connectivity index (χ1v) is 8.04. The molecule has 3 aliphatic rings. The zero-order valence-corrected chi connectivity index (χ0v) is 11.9. The zero-order valence-electron chi connectivity index (χ0n) is 11.9. The van der Waals surface area contributed by atoms with Gasteiger partial charge in [-0.25, -0.2) is 0 Å². The van der Waals surface area contributed by atoms with Crippen LogP contribution in [0.4, 0.5) is 0 Å². The SMILES string of the molecule is O=C(CCN1CCNCC12CCCCC2)NC1CC1. The van der Waals surface area contributed by atoms with Crippen LogP contribution in [0.5, 0.6) is 0 Å². The van der Waals surface area contributed by atoms with Crippen molar-refractivity contribution in [2.24, 2.45) is 0 Å². The highest BCUT2D eigenvalue weighted by molar-refractivity contribution is 5.76. The van der Waals surface area contributed by atoms with Crippen LogP contribution >= 0.6 is 0 Å². The number of nitrogens with one attached hydrogen (secondary N) is 2. The van der Waals surface area contributed by atoms with E-state index in [9.17, 15) is 4.79 Å². The minimum absolute atomic E-state index is 0.256. The molecule has 1 spiro atoms. The van der Waals surface area contributed by atoms with Gasteiger partial charge in [0.2, 0.25) is 5.91 Å². The molecular weight excluding hydrogens is 238 g/mol. The predicted octanol–water partition coefficient (Wildman–Crippen LogP) is 1.26. The highest BCUT2D eigenvalue weighted by atomic mass is 16.1. The summed E-state index contributed by atoms with van der Waals surface area (Å²) in [6.07, 6.45) is 9.76. The number of hydrogen-bond donors (Lipinski definition) is 2. The van der Waals surface area contributed by atoms with Crippen molar-refractivity contribution in [1.82, 2.24) is 15.5 Å². The average molecular weight is 265 g/mol. The summed E-state index contributed by atoms with van der Waals surface area (Å²) < 4.78 is 0. The fraction of sp³-hybridized carbons (Fsp3) is 0.933. The Morgan fingerprint density at radius 3 is 2.79 bits per heavy atom. The molecule has 1 aliphatic heterocycles. The van der Waals surface area contributed by atoms with Gasteiger partial charge in [0.1, 0.15) is 0 Å². The smallest absolute Gasteiger partial charge is 0.221 e. The monoisotopic (exact) mass is 265 g/mol. The van der Waals surface area contributed by atoms with Crippen LogP contribution in [0.3, 0.4) is 0 Å². The van der Waals surface area contributed by atoms with Crippen LogP contribution in [-0.2, 0) is 4.79 Å². The lowest BCUT2D eigenvalue weighted by molar-refractivity contribution is -0.122. The van der Waals surface area contributed by atoms with Crippen molar-refractivity contribution < 1.29 is 4.79 Å². The molecule has 0 radical (unpaired) electrons. The van der Waals surface area contributed by atoms with Crippen LogP contribution in [0.1, 0.15) is 51.4 Å². The first-order chi connectivity index (χ1) is 9.28. The van der Waals surface area contributed by atoms with Crippen LogP contribution in [0.15, 0.2) is 0 Å². The topological polar surface area (TPSA) is 44.4 Å². The summed E-state index contributed by atoms with van der Waals surface area (Å²) in [5.41, 5.74) is 0.358. The Balaban J connectivity index is 1.52. The number of piperazine rings is 1. The highest BCUT2D eigenvalue weighted by Gasteiger charge is 2.39. The molecule has 2 N–H and O–H groups in total. The molecule has 108 valence electrons. The van der Waals surface area contributed by atoms with Gasteiger partial charge in [-0.15, -0.1) is 0 Å². The second-order valence-electron chi connectivity index (χ2n) is 6.54. The number of nitrogens with zero attached hydrogens (tertiary/aromatic N) is 1. The maximum atomic E-state index is 11.9. The van der Waals surface area contributed by atoms with Gasteiger partial charge in [0.05, 0.1) is 0 Å². The third-order valence-corrected chi connectivity index (χ3v) is 5.02. The van der Waals surface area contributed by atoms with Crippen molar-refractivity contribution in [1.29, 1.82) is 0 Å². The van der Waals surface area contributed by atoms with Crippen LogP contribution in [0, 0.1) is 0 Å². The fourth-order valence-corrected chi connectivity index (χ4v) is 3.70. The molecule has 0 unspecified atom stereocenters. The molecule has 0 aromatic carbocycles. The summed E-state index contributed by atoms with van der Waals surface area (Å²) in [6, 6.07) is 0.499. The van der Waals surface area contributed by atoms with Gasteiger partial charge in [0, 0.05) is 44.2 Å². The van der Waals surface area contributed by atoms with E-state index < -0.39 is 0 Å². The Morgan fingerprint density at radius 1 is 1.26 bits per heavy atom. The molecule has 1 saturated heterocycles. The van der Waals surface area contributed by atoms with E-state index >= 15 is 0 Å². The van der Waals surface area contributed by atoms with Crippen molar-refractivity contribution in [3.63, 3.8) is 0 Å². The number of carbonyl (C=O) groups is 1. The van der Waals surface area contributed by atoms with Crippen molar-refractivity contribution in [2.75, 3.05) is 26.2 Å². The lowest BCUT2D eigenvalue weighted by atomic mass is 9.79. The minimum Gasteiger partial charge on any atom is -0.353 e. The number of rotatable bonds is 4. The van der Waals surface area contributed by atoms with Gasteiger partial charge in [-0.05, 0) is 25.7 Å². The van der Waals surface area contributed by atoms with E-state index in [-0.39, 0.29) is 5.91 Å². The van der Waals surface area contributed by atoms with E-state index in [0.29, 0.717) is 18.0 Å². The van der Waals surface area contributed by atoms with Gasteiger partial charge < -0.3 is 10.6 Å². The molecule has 0 aromatic rings. The summed E-state index contributed by atoms with van der Waals surface area (Å²) in [4.78, 5) is 14.5. The lowest BCUT2D eigenvalue weighted by Gasteiger charge is -2.50. The van der Waals surface area contributed by atoms with E-state index in [1.165, 1.54) is 44.9 Å². The Hall–Kier alpha value is -0.610. The Bertz CT molecular complexity index is 313. The van der Waals surface area contributed by atoms with Gasteiger partial charge in [-0.2, -0.15) is 0 Å². The van der Waals surface area contributed by atoms with Gasteiger partial charge in [0.25, 0.3) is 0 Å². The van der Waals surface area contributed by atoms with Crippen molar-refractivity contribution in [2.45, 2.75) is 62.9 Å². The molecule has 3 fully saturated rings. The highest BCUT2D eigenvalue weighted by Crippen LogP contribution is 2.34. The number of hydrogen-bond acceptors (Lipinski definition) is 3. The largest absolute Gasteiger partial charge is 0.353 e. The second-order valence-corrected chi connectivity index (χ2v) is 6.54. The first kappa shape index (κ1) is 13.4. The molecule has 3 rings (SSSR count). The molecule has 2 saturated carbocycles. The minimum atomic E-state index is 0.256. The summed E-state index contributed by atoms with van der Waals surface area (Å²) in [7, 11) is 0.